The average Bonchev–Trinajstić information content (AvgIpc) is 2.55. The summed E-state index contributed by atoms with van der Waals surface area (Å²) in [4.78, 5) is 38.2. The van der Waals surface area contributed by atoms with E-state index in [0.717, 1.165) is 11.1 Å². The third-order valence-corrected chi connectivity index (χ3v) is 4.13. The minimum Gasteiger partial charge on any atom is -0.480 e. The molecule has 0 unspecified atom stereocenters. The van der Waals surface area contributed by atoms with Crippen molar-refractivity contribution in [1.29, 1.82) is 0 Å². The van der Waals surface area contributed by atoms with Crippen LogP contribution in [-0.2, 0) is 20.8 Å². The Labute approximate surface area is 141 Å². The molecule has 2 amide bonds. The summed E-state index contributed by atoms with van der Waals surface area (Å²) in [5.41, 5.74) is 2.15. The molecule has 24 heavy (non-hydrogen) atoms. The maximum Gasteiger partial charge on any atom is 0.322 e. The molecule has 0 saturated carbocycles. The van der Waals surface area contributed by atoms with Crippen LogP contribution >= 0.6 is 0 Å². The van der Waals surface area contributed by atoms with E-state index in [0.29, 0.717) is 32.6 Å². The number of amides is 2. The third-order valence-electron chi connectivity index (χ3n) is 4.13. The van der Waals surface area contributed by atoms with Crippen LogP contribution < -0.4 is 5.32 Å². The summed E-state index contributed by atoms with van der Waals surface area (Å²) in [6.45, 7) is 4.17. The second kappa shape index (κ2) is 8.44. The maximum atomic E-state index is 12.4. The Hall–Kier alpha value is -2.41. The van der Waals surface area contributed by atoms with E-state index in [1.165, 1.54) is 0 Å². The standard InChI is InChI=1S/C17H23N3O4/c1-13-4-2-3-5-14(13)10-16(22)20-8-6-19(7-9-20)12-15(21)18-11-17(23)24/h2-5H,6-12H2,1H3,(H,18,21)(H,23,24). The number of carboxylic acids is 1. The van der Waals surface area contributed by atoms with Crippen LogP contribution in [0.2, 0.25) is 0 Å². The van der Waals surface area contributed by atoms with Crippen molar-refractivity contribution in [2.75, 3.05) is 39.3 Å². The first-order valence-electron chi connectivity index (χ1n) is 7.99. The zero-order valence-electron chi connectivity index (χ0n) is 13.8. The van der Waals surface area contributed by atoms with E-state index >= 15 is 0 Å². The van der Waals surface area contributed by atoms with Crippen LogP contribution in [0.15, 0.2) is 24.3 Å². The van der Waals surface area contributed by atoms with Gasteiger partial charge in [-0.1, -0.05) is 24.3 Å². The van der Waals surface area contributed by atoms with Crippen LogP contribution in [0.1, 0.15) is 11.1 Å². The fourth-order valence-electron chi connectivity index (χ4n) is 2.67. The highest BCUT2D eigenvalue weighted by molar-refractivity contribution is 5.82. The normalized spacial score (nSPS) is 15.1. The first-order valence-corrected chi connectivity index (χ1v) is 7.99. The van der Waals surface area contributed by atoms with Crippen LogP contribution in [-0.4, -0.2) is 72.0 Å². The van der Waals surface area contributed by atoms with Crippen LogP contribution in [0.25, 0.3) is 0 Å². The summed E-state index contributed by atoms with van der Waals surface area (Å²) in [5.74, 6) is -1.27. The van der Waals surface area contributed by atoms with Gasteiger partial charge in [-0.2, -0.15) is 0 Å². The van der Waals surface area contributed by atoms with E-state index in [9.17, 15) is 14.4 Å². The van der Waals surface area contributed by atoms with Crippen molar-refractivity contribution in [2.45, 2.75) is 13.3 Å². The minimum absolute atomic E-state index is 0.0966. The number of piperazine rings is 1. The topological polar surface area (TPSA) is 90.0 Å². The summed E-state index contributed by atoms with van der Waals surface area (Å²) in [5, 5.41) is 10.9. The van der Waals surface area contributed by atoms with Gasteiger partial charge < -0.3 is 15.3 Å². The van der Waals surface area contributed by atoms with Crippen molar-refractivity contribution in [2.24, 2.45) is 0 Å². The predicted octanol–water partition coefficient (Wildman–Crippen LogP) is -0.117. The van der Waals surface area contributed by atoms with Gasteiger partial charge >= 0.3 is 5.97 Å². The summed E-state index contributed by atoms with van der Waals surface area (Å²) in [6, 6.07) is 7.85. The summed E-state index contributed by atoms with van der Waals surface area (Å²) < 4.78 is 0. The molecule has 1 saturated heterocycles. The number of hydrogen-bond acceptors (Lipinski definition) is 4. The average molecular weight is 333 g/mol. The Bertz CT molecular complexity index is 610. The highest BCUT2D eigenvalue weighted by atomic mass is 16.4. The number of benzene rings is 1. The number of rotatable bonds is 6. The Morgan fingerprint density at radius 1 is 1.12 bits per heavy atom. The zero-order valence-corrected chi connectivity index (χ0v) is 13.8. The van der Waals surface area contributed by atoms with Gasteiger partial charge in [-0.25, -0.2) is 0 Å². The number of nitrogens with zero attached hydrogens (tertiary/aromatic N) is 2. The van der Waals surface area contributed by atoms with Gasteiger partial charge in [-0.3, -0.25) is 19.3 Å². The second-order valence-corrected chi connectivity index (χ2v) is 5.93. The van der Waals surface area contributed by atoms with Crippen molar-refractivity contribution in [3.63, 3.8) is 0 Å². The Kier molecular flexibility index (Phi) is 6.31. The molecule has 0 aliphatic carbocycles. The largest absolute Gasteiger partial charge is 0.480 e. The molecule has 0 atom stereocenters. The number of aliphatic carboxylic acids is 1. The molecule has 130 valence electrons. The van der Waals surface area contributed by atoms with Crippen molar-refractivity contribution in [1.82, 2.24) is 15.1 Å². The molecule has 0 spiro atoms. The molecule has 1 fully saturated rings. The van der Waals surface area contributed by atoms with Crippen molar-refractivity contribution in [3.05, 3.63) is 35.4 Å². The highest BCUT2D eigenvalue weighted by Crippen LogP contribution is 2.11. The van der Waals surface area contributed by atoms with E-state index in [1.807, 2.05) is 41.0 Å². The van der Waals surface area contributed by atoms with Crippen LogP contribution in [0.5, 0.6) is 0 Å². The number of carbonyl (C=O) groups excluding carboxylic acids is 2. The number of carbonyl (C=O) groups is 3. The molecule has 7 nitrogen and oxygen atoms in total. The molecule has 1 aliphatic rings. The summed E-state index contributed by atoms with van der Waals surface area (Å²) in [6.07, 6.45) is 0.395. The predicted molar refractivity (Wildman–Crippen MR) is 88.5 cm³/mol. The Morgan fingerprint density at radius 2 is 1.79 bits per heavy atom. The molecule has 7 heteroatoms. The van der Waals surface area contributed by atoms with Crippen LogP contribution in [0.4, 0.5) is 0 Å². The fraction of sp³-hybridized carbons (Fsp3) is 0.471. The smallest absolute Gasteiger partial charge is 0.322 e. The molecule has 1 aliphatic heterocycles. The quantitative estimate of drug-likeness (QED) is 0.758. The lowest BCUT2D eigenvalue weighted by Gasteiger charge is -2.34. The van der Waals surface area contributed by atoms with Gasteiger partial charge in [0.25, 0.3) is 0 Å². The van der Waals surface area contributed by atoms with Gasteiger partial charge in [0.1, 0.15) is 6.54 Å². The van der Waals surface area contributed by atoms with E-state index in [1.54, 1.807) is 0 Å². The van der Waals surface area contributed by atoms with Crippen LogP contribution in [0, 0.1) is 6.92 Å². The first kappa shape index (κ1) is 17.9. The molecular formula is C17H23N3O4. The maximum absolute atomic E-state index is 12.4. The lowest BCUT2D eigenvalue weighted by molar-refractivity contribution is -0.138. The molecule has 1 heterocycles. The molecule has 2 N–H and O–H groups in total. The van der Waals surface area contributed by atoms with Gasteiger partial charge in [0.05, 0.1) is 13.0 Å². The van der Waals surface area contributed by atoms with Crippen molar-refractivity contribution < 1.29 is 19.5 Å². The number of hydrogen-bond donors (Lipinski definition) is 2. The molecule has 0 bridgehead atoms. The van der Waals surface area contributed by atoms with Crippen LogP contribution in [0.3, 0.4) is 0 Å². The number of carboxylic acid groups (broad SMARTS) is 1. The van der Waals surface area contributed by atoms with Crippen molar-refractivity contribution in [3.8, 4) is 0 Å². The number of aryl methyl sites for hydroxylation is 1. The van der Waals surface area contributed by atoms with E-state index < -0.39 is 5.97 Å². The van der Waals surface area contributed by atoms with Gasteiger partial charge in [0.2, 0.25) is 11.8 Å². The minimum atomic E-state index is -1.06. The monoisotopic (exact) mass is 333 g/mol. The summed E-state index contributed by atoms with van der Waals surface area (Å²) >= 11 is 0. The SMILES string of the molecule is Cc1ccccc1CC(=O)N1CCN(CC(=O)NCC(=O)O)CC1. The van der Waals surface area contributed by atoms with Gasteiger partial charge in [-0.15, -0.1) is 0 Å². The highest BCUT2D eigenvalue weighted by Gasteiger charge is 2.22. The summed E-state index contributed by atoms with van der Waals surface area (Å²) in [7, 11) is 0. The molecule has 0 radical (unpaired) electrons. The van der Waals surface area contributed by atoms with Crippen molar-refractivity contribution >= 4 is 17.8 Å². The lowest BCUT2D eigenvalue weighted by Crippen LogP contribution is -2.51. The molecular weight excluding hydrogens is 310 g/mol. The van der Waals surface area contributed by atoms with Gasteiger partial charge in [-0.05, 0) is 18.1 Å². The van der Waals surface area contributed by atoms with E-state index in [4.69, 9.17) is 5.11 Å². The zero-order chi connectivity index (χ0) is 17.5. The van der Waals surface area contributed by atoms with E-state index in [-0.39, 0.29) is 24.9 Å². The molecule has 1 aromatic rings. The number of nitrogens with one attached hydrogen (secondary N) is 1. The lowest BCUT2D eigenvalue weighted by atomic mass is 10.1. The molecule has 1 aromatic carbocycles. The Morgan fingerprint density at radius 3 is 2.42 bits per heavy atom. The van der Waals surface area contributed by atoms with Gasteiger partial charge in [0.15, 0.2) is 0 Å². The second-order valence-electron chi connectivity index (χ2n) is 5.93. The van der Waals surface area contributed by atoms with Gasteiger partial charge in [0, 0.05) is 26.2 Å². The Balaban J connectivity index is 1.76. The third kappa shape index (κ3) is 5.34. The molecule has 2 rings (SSSR count). The van der Waals surface area contributed by atoms with E-state index in [2.05, 4.69) is 5.32 Å². The fourth-order valence-corrected chi connectivity index (χ4v) is 2.67. The first-order chi connectivity index (χ1) is 11.5. The molecule has 0 aromatic heterocycles.